The maximum Gasteiger partial charge on any atom is 0.184 e. The second kappa shape index (κ2) is 4.13. The van der Waals surface area contributed by atoms with E-state index in [2.05, 4.69) is 16.6 Å². The van der Waals surface area contributed by atoms with Gasteiger partial charge in [-0.15, -0.1) is 0 Å². The van der Waals surface area contributed by atoms with Gasteiger partial charge in [0.15, 0.2) is 15.7 Å². The third-order valence-corrected chi connectivity index (χ3v) is 5.89. The Morgan fingerprint density at radius 1 is 1.53 bits per heavy atom. The quantitative estimate of drug-likeness (QED) is 0.855. The lowest BCUT2D eigenvalue weighted by molar-refractivity contribution is 0.596. The number of nitrogens with one attached hydrogen (secondary N) is 1. The van der Waals surface area contributed by atoms with E-state index in [0.29, 0.717) is 10.4 Å². The Kier molecular flexibility index (Phi) is 3.07. The predicted octanol–water partition coefficient (Wildman–Crippen LogP) is 1.73. The van der Waals surface area contributed by atoms with Gasteiger partial charge in [-0.25, -0.2) is 8.42 Å². The fraction of sp³-hybridized carbons (Fsp3) is 0.700. The first-order chi connectivity index (χ1) is 7.88. The Labute approximate surface area is 105 Å². The lowest BCUT2D eigenvalue weighted by Crippen LogP contribution is -2.14. The van der Waals surface area contributed by atoms with E-state index in [1.165, 1.54) is 12.8 Å². The van der Waals surface area contributed by atoms with E-state index in [9.17, 15) is 8.42 Å². The highest BCUT2D eigenvalue weighted by molar-refractivity contribution is 7.91. The van der Waals surface area contributed by atoms with Crippen molar-refractivity contribution in [3.63, 3.8) is 0 Å². The Morgan fingerprint density at radius 3 is 2.71 bits per heavy atom. The first-order valence-electron chi connectivity index (χ1n) is 5.60. The number of hydrogen-bond donors (Lipinski definition) is 2. The maximum atomic E-state index is 11.9. The first kappa shape index (κ1) is 12.6. The molecule has 0 aromatic carbocycles. The zero-order valence-electron chi connectivity index (χ0n) is 9.99. The smallest absolute Gasteiger partial charge is 0.184 e. The second-order valence-electron chi connectivity index (χ2n) is 4.79. The molecule has 0 saturated heterocycles. The summed E-state index contributed by atoms with van der Waals surface area (Å²) in [7, 11) is -3.30. The van der Waals surface area contributed by atoms with Crippen molar-refractivity contribution in [3.8, 4) is 0 Å². The monoisotopic (exact) mass is 275 g/mol. The number of nitrogens with two attached hydrogens (primary N) is 1. The number of anilines is 2. The maximum absolute atomic E-state index is 11.9. The molecule has 0 aliphatic heterocycles. The molecule has 1 fully saturated rings. The van der Waals surface area contributed by atoms with Crippen LogP contribution in [0.1, 0.15) is 26.7 Å². The van der Waals surface area contributed by atoms with Crippen LogP contribution in [0.3, 0.4) is 0 Å². The minimum atomic E-state index is -3.30. The molecule has 1 aromatic heterocycles. The first-order valence-corrected chi connectivity index (χ1v) is 8.02. The summed E-state index contributed by atoms with van der Waals surface area (Å²) in [5, 5.41) is 3.75. The van der Waals surface area contributed by atoms with Crippen molar-refractivity contribution in [1.82, 2.24) is 4.37 Å². The number of hydrogen-bond acceptors (Lipinski definition) is 6. The molecule has 17 heavy (non-hydrogen) atoms. The Balaban J connectivity index is 2.23. The van der Waals surface area contributed by atoms with Gasteiger partial charge in [-0.3, -0.25) is 0 Å². The summed E-state index contributed by atoms with van der Waals surface area (Å²) in [6.45, 7) is 4.57. The van der Waals surface area contributed by atoms with Crippen LogP contribution in [0, 0.1) is 5.41 Å². The SMILES string of the molecule is CCS(=O)(=O)c1c(N)nsc1NCC1(C)CC1. The summed E-state index contributed by atoms with van der Waals surface area (Å²) in [6, 6.07) is 0. The molecule has 0 bridgehead atoms. The summed E-state index contributed by atoms with van der Waals surface area (Å²) >= 11 is 1.12. The third kappa shape index (κ3) is 2.55. The molecule has 0 radical (unpaired) electrons. The summed E-state index contributed by atoms with van der Waals surface area (Å²) in [5.41, 5.74) is 5.95. The molecule has 0 unspecified atom stereocenters. The summed E-state index contributed by atoms with van der Waals surface area (Å²) in [5.74, 6) is 0.155. The van der Waals surface area contributed by atoms with Gasteiger partial charge in [0, 0.05) is 6.54 Å². The molecule has 5 nitrogen and oxygen atoms in total. The van der Waals surface area contributed by atoms with Crippen LogP contribution in [-0.4, -0.2) is 25.1 Å². The van der Waals surface area contributed by atoms with Gasteiger partial charge in [-0.1, -0.05) is 13.8 Å². The highest BCUT2D eigenvalue weighted by atomic mass is 32.2. The molecule has 2 rings (SSSR count). The molecule has 0 amide bonds. The van der Waals surface area contributed by atoms with E-state index in [1.807, 2.05) is 0 Å². The molecule has 96 valence electrons. The van der Waals surface area contributed by atoms with Gasteiger partial charge in [-0.2, -0.15) is 4.37 Å². The minimum absolute atomic E-state index is 0.0432. The summed E-state index contributed by atoms with van der Waals surface area (Å²) < 4.78 is 27.7. The molecule has 1 aromatic rings. The van der Waals surface area contributed by atoms with Crippen molar-refractivity contribution in [2.45, 2.75) is 31.6 Å². The zero-order valence-corrected chi connectivity index (χ0v) is 11.6. The van der Waals surface area contributed by atoms with Crippen LogP contribution in [0.25, 0.3) is 0 Å². The average Bonchev–Trinajstić information content (AvgIpc) is 2.88. The van der Waals surface area contributed by atoms with Crippen LogP contribution in [0.15, 0.2) is 4.90 Å². The van der Waals surface area contributed by atoms with E-state index in [0.717, 1.165) is 18.1 Å². The van der Waals surface area contributed by atoms with Crippen LogP contribution < -0.4 is 11.1 Å². The zero-order chi connectivity index (χ0) is 12.7. The molecular weight excluding hydrogens is 258 g/mol. The van der Waals surface area contributed by atoms with Gasteiger partial charge in [0.25, 0.3) is 0 Å². The summed E-state index contributed by atoms with van der Waals surface area (Å²) in [4.78, 5) is 0.175. The van der Waals surface area contributed by atoms with Crippen molar-refractivity contribution in [3.05, 3.63) is 0 Å². The molecule has 1 saturated carbocycles. The van der Waals surface area contributed by atoms with Gasteiger partial charge in [0.2, 0.25) is 0 Å². The van der Waals surface area contributed by atoms with E-state index >= 15 is 0 Å². The summed E-state index contributed by atoms with van der Waals surface area (Å²) in [6.07, 6.45) is 2.37. The number of aromatic nitrogens is 1. The van der Waals surface area contributed by atoms with Crippen LogP contribution in [0.5, 0.6) is 0 Å². The van der Waals surface area contributed by atoms with E-state index in [1.54, 1.807) is 6.92 Å². The Bertz CT molecular complexity index is 518. The van der Waals surface area contributed by atoms with Crippen LogP contribution in [-0.2, 0) is 9.84 Å². The lowest BCUT2D eigenvalue weighted by Gasteiger charge is -2.11. The topological polar surface area (TPSA) is 85.1 Å². The highest BCUT2D eigenvalue weighted by Gasteiger charge is 2.37. The molecule has 0 spiro atoms. The molecule has 3 N–H and O–H groups in total. The molecule has 1 aliphatic carbocycles. The van der Waals surface area contributed by atoms with Gasteiger partial charge in [0.1, 0.15) is 9.90 Å². The molecule has 1 aliphatic rings. The minimum Gasteiger partial charge on any atom is -0.382 e. The molecule has 1 heterocycles. The van der Waals surface area contributed by atoms with Gasteiger partial charge in [0.05, 0.1) is 5.75 Å². The van der Waals surface area contributed by atoms with Crippen molar-refractivity contribution < 1.29 is 8.42 Å². The fourth-order valence-corrected chi connectivity index (χ4v) is 3.70. The van der Waals surface area contributed by atoms with Crippen LogP contribution in [0.2, 0.25) is 0 Å². The average molecular weight is 275 g/mol. The van der Waals surface area contributed by atoms with E-state index in [-0.39, 0.29) is 16.5 Å². The van der Waals surface area contributed by atoms with E-state index in [4.69, 9.17) is 5.73 Å². The van der Waals surface area contributed by atoms with Crippen molar-refractivity contribution in [1.29, 1.82) is 0 Å². The van der Waals surface area contributed by atoms with Crippen molar-refractivity contribution in [2.24, 2.45) is 5.41 Å². The Morgan fingerprint density at radius 2 is 2.18 bits per heavy atom. The predicted molar refractivity (Wildman–Crippen MR) is 70.1 cm³/mol. The number of sulfone groups is 1. The largest absolute Gasteiger partial charge is 0.382 e. The Hall–Kier alpha value is -0.820. The molecule has 0 atom stereocenters. The van der Waals surface area contributed by atoms with Gasteiger partial charge < -0.3 is 11.1 Å². The lowest BCUT2D eigenvalue weighted by atomic mass is 10.1. The number of nitrogens with zero attached hydrogens (tertiary/aromatic N) is 1. The second-order valence-corrected chi connectivity index (χ2v) is 7.78. The van der Waals surface area contributed by atoms with Crippen LogP contribution >= 0.6 is 11.5 Å². The standard InChI is InChI=1S/C10H17N3O2S2/c1-3-17(14,15)7-8(11)13-16-9(7)12-6-10(2)4-5-10/h12H,3-6H2,1-2H3,(H2,11,13). The van der Waals surface area contributed by atoms with E-state index < -0.39 is 9.84 Å². The van der Waals surface area contributed by atoms with Crippen LogP contribution in [0.4, 0.5) is 10.8 Å². The van der Waals surface area contributed by atoms with Gasteiger partial charge in [-0.05, 0) is 29.8 Å². The molecule has 7 heteroatoms. The normalized spacial score (nSPS) is 18.0. The third-order valence-electron chi connectivity index (χ3n) is 3.14. The number of nitrogen functional groups attached to an aromatic ring is 1. The van der Waals surface area contributed by atoms with Crippen molar-refractivity contribution in [2.75, 3.05) is 23.3 Å². The highest BCUT2D eigenvalue weighted by Crippen LogP contribution is 2.45. The van der Waals surface area contributed by atoms with Gasteiger partial charge >= 0.3 is 0 Å². The fourth-order valence-electron chi connectivity index (χ4n) is 1.54. The molecular formula is C10H17N3O2S2. The number of rotatable bonds is 5. The van der Waals surface area contributed by atoms with Crippen molar-refractivity contribution >= 4 is 32.2 Å².